The van der Waals surface area contributed by atoms with E-state index < -0.39 is 15.9 Å². The van der Waals surface area contributed by atoms with Gasteiger partial charge in [0.1, 0.15) is 5.69 Å². The van der Waals surface area contributed by atoms with Crippen LogP contribution in [0.25, 0.3) is 11.5 Å². The highest BCUT2D eigenvalue weighted by molar-refractivity contribution is 7.91. The monoisotopic (exact) mass is 437 g/mol. The minimum Gasteiger partial charge on any atom is -0.483 e. The molecule has 2 aromatic rings. The van der Waals surface area contributed by atoms with Crippen molar-refractivity contribution in [2.24, 2.45) is 5.92 Å². The number of hydrogen-bond donors (Lipinski definition) is 3. The molecule has 4 rings (SSSR count). The standard InChI is InChI=1S/C18H25N5O3S.CH2O2/c1-12-17(21-11-20-12)18-19-6-7-23(18)15-10-27(25,26)9-14(15)22-16(24)8-13-4-2-3-5-13;2-1-3/h6-7,11,13-15H,2-5,8-10H2,1H3,(H,20,21)(H,22,24);1H,(H,2,3)/t14-,15-;/m1./s1. The van der Waals surface area contributed by atoms with Gasteiger partial charge in [-0.2, -0.15) is 0 Å². The third kappa shape index (κ3) is 5.07. The van der Waals surface area contributed by atoms with E-state index >= 15 is 0 Å². The number of carbonyl (C=O) groups is 2. The van der Waals surface area contributed by atoms with Gasteiger partial charge in [-0.25, -0.2) is 18.4 Å². The molecule has 2 aromatic heterocycles. The molecule has 3 heterocycles. The maximum atomic E-state index is 12.5. The summed E-state index contributed by atoms with van der Waals surface area (Å²) in [4.78, 5) is 32.6. The molecule has 11 heteroatoms. The van der Waals surface area contributed by atoms with Gasteiger partial charge in [0.15, 0.2) is 15.7 Å². The fourth-order valence-corrected chi connectivity index (χ4v) is 6.23. The Morgan fingerprint density at radius 2 is 2.03 bits per heavy atom. The zero-order valence-corrected chi connectivity index (χ0v) is 17.6. The number of hydrogen-bond acceptors (Lipinski definition) is 6. The molecule has 1 aliphatic carbocycles. The number of imidazole rings is 2. The minimum absolute atomic E-state index is 0.00575. The molecular weight excluding hydrogens is 410 g/mol. The molecule has 0 bridgehead atoms. The summed E-state index contributed by atoms with van der Waals surface area (Å²) in [6.07, 6.45) is 10.0. The molecule has 1 amide bonds. The number of carbonyl (C=O) groups excluding carboxylic acids is 1. The molecule has 30 heavy (non-hydrogen) atoms. The second-order valence-corrected chi connectivity index (χ2v) is 9.97. The number of nitrogens with one attached hydrogen (secondary N) is 2. The smallest absolute Gasteiger partial charge is 0.290 e. The molecule has 1 aliphatic heterocycles. The van der Waals surface area contributed by atoms with Crippen molar-refractivity contribution in [2.75, 3.05) is 11.5 Å². The Balaban J connectivity index is 0.000000806. The van der Waals surface area contributed by atoms with E-state index in [1.165, 1.54) is 12.8 Å². The van der Waals surface area contributed by atoms with E-state index in [-0.39, 0.29) is 29.9 Å². The van der Waals surface area contributed by atoms with Crippen molar-refractivity contribution in [1.82, 2.24) is 24.8 Å². The average molecular weight is 438 g/mol. The Labute approximate surface area is 175 Å². The van der Waals surface area contributed by atoms with E-state index in [1.807, 2.05) is 11.5 Å². The lowest BCUT2D eigenvalue weighted by Gasteiger charge is -2.23. The quantitative estimate of drug-likeness (QED) is 0.598. The SMILES string of the molecule is Cc1[nH]cnc1-c1nccn1[C@@H]1CS(=O)(=O)C[C@H]1NC(=O)CC1CCCC1.O=CO. The number of aryl methyl sites for hydroxylation is 1. The zero-order valence-electron chi connectivity index (χ0n) is 16.8. The topological polar surface area (TPSA) is 147 Å². The van der Waals surface area contributed by atoms with Crippen LogP contribution in [0, 0.1) is 12.8 Å². The van der Waals surface area contributed by atoms with Crippen LogP contribution in [0.3, 0.4) is 0 Å². The first-order valence-electron chi connectivity index (χ1n) is 9.95. The minimum atomic E-state index is -3.23. The predicted molar refractivity (Wildman–Crippen MR) is 109 cm³/mol. The Bertz CT molecular complexity index is 977. The van der Waals surface area contributed by atoms with Crippen LogP contribution in [-0.4, -0.2) is 63.0 Å². The second kappa shape index (κ2) is 9.41. The van der Waals surface area contributed by atoms with Crippen LogP contribution in [0.1, 0.15) is 43.8 Å². The highest BCUT2D eigenvalue weighted by atomic mass is 32.2. The fourth-order valence-electron chi connectivity index (χ4n) is 4.33. The van der Waals surface area contributed by atoms with Crippen molar-refractivity contribution >= 4 is 22.2 Å². The van der Waals surface area contributed by atoms with E-state index in [9.17, 15) is 13.2 Å². The molecule has 2 atom stereocenters. The molecule has 0 unspecified atom stereocenters. The normalized spacial score (nSPS) is 23.0. The number of rotatable bonds is 5. The average Bonchev–Trinajstić information content (AvgIpc) is 3.43. The van der Waals surface area contributed by atoms with Crippen molar-refractivity contribution in [1.29, 1.82) is 0 Å². The molecular formula is C19H27N5O5S. The molecule has 1 saturated heterocycles. The summed E-state index contributed by atoms with van der Waals surface area (Å²) >= 11 is 0. The van der Waals surface area contributed by atoms with Gasteiger partial charge in [0, 0.05) is 24.5 Å². The summed E-state index contributed by atoms with van der Waals surface area (Å²) in [5, 5.41) is 9.88. The number of nitrogens with zero attached hydrogens (tertiary/aromatic N) is 3. The summed E-state index contributed by atoms with van der Waals surface area (Å²) < 4.78 is 26.5. The van der Waals surface area contributed by atoms with Gasteiger partial charge < -0.3 is 20.0 Å². The van der Waals surface area contributed by atoms with Crippen molar-refractivity contribution in [3.63, 3.8) is 0 Å². The predicted octanol–water partition coefficient (Wildman–Crippen LogP) is 1.32. The molecule has 0 aromatic carbocycles. The molecule has 3 N–H and O–H groups in total. The number of sulfone groups is 1. The molecule has 0 spiro atoms. The van der Waals surface area contributed by atoms with Crippen molar-refractivity contribution in [2.45, 2.75) is 51.1 Å². The van der Waals surface area contributed by atoms with Crippen molar-refractivity contribution < 1.29 is 23.1 Å². The van der Waals surface area contributed by atoms with E-state index in [2.05, 4.69) is 20.3 Å². The molecule has 0 radical (unpaired) electrons. The lowest BCUT2D eigenvalue weighted by Crippen LogP contribution is -2.41. The van der Waals surface area contributed by atoms with Gasteiger partial charge >= 0.3 is 0 Å². The first-order chi connectivity index (χ1) is 14.3. The van der Waals surface area contributed by atoms with Crippen LogP contribution in [0.15, 0.2) is 18.7 Å². The summed E-state index contributed by atoms with van der Waals surface area (Å²) in [5.41, 5.74) is 1.56. The maximum absolute atomic E-state index is 12.5. The van der Waals surface area contributed by atoms with Gasteiger partial charge in [0.25, 0.3) is 6.47 Å². The molecule has 2 aliphatic rings. The summed E-state index contributed by atoms with van der Waals surface area (Å²) in [6.45, 7) is 1.65. The lowest BCUT2D eigenvalue weighted by atomic mass is 10.0. The maximum Gasteiger partial charge on any atom is 0.290 e. The number of amides is 1. The van der Waals surface area contributed by atoms with Gasteiger partial charge in [-0.05, 0) is 25.7 Å². The van der Waals surface area contributed by atoms with Gasteiger partial charge in [0.2, 0.25) is 5.91 Å². The lowest BCUT2D eigenvalue weighted by molar-refractivity contribution is -0.123. The van der Waals surface area contributed by atoms with Crippen molar-refractivity contribution in [3.05, 3.63) is 24.4 Å². The molecule has 2 fully saturated rings. The Morgan fingerprint density at radius 3 is 2.67 bits per heavy atom. The highest BCUT2D eigenvalue weighted by Crippen LogP contribution is 2.31. The van der Waals surface area contributed by atoms with E-state index in [0.29, 0.717) is 23.9 Å². The largest absolute Gasteiger partial charge is 0.483 e. The number of H-pyrrole nitrogens is 1. The summed E-state index contributed by atoms with van der Waals surface area (Å²) in [6, 6.07) is -0.827. The molecule has 164 valence electrons. The number of carboxylic acid groups (broad SMARTS) is 1. The first kappa shape index (κ1) is 22.0. The van der Waals surface area contributed by atoms with Gasteiger partial charge in [-0.1, -0.05) is 12.8 Å². The third-order valence-electron chi connectivity index (χ3n) is 5.69. The van der Waals surface area contributed by atoms with Gasteiger partial charge in [-0.15, -0.1) is 0 Å². The number of aromatic amines is 1. The van der Waals surface area contributed by atoms with Crippen LogP contribution in [0.2, 0.25) is 0 Å². The van der Waals surface area contributed by atoms with E-state index in [1.54, 1.807) is 18.7 Å². The second-order valence-electron chi connectivity index (χ2n) is 7.81. The van der Waals surface area contributed by atoms with Crippen LogP contribution in [0.4, 0.5) is 0 Å². The summed E-state index contributed by atoms with van der Waals surface area (Å²) in [5.74, 6) is 0.953. The Hall–Kier alpha value is -2.69. The van der Waals surface area contributed by atoms with Gasteiger partial charge in [0.05, 0.1) is 29.9 Å². The summed E-state index contributed by atoms with van der Waals surface area (Å²) in [7, 11) is -3.23. The number of aromatic nitrogens is 4. The Kier molecular flexibility index (Phi) is 6.91. The van der Waals surface area contributed by atoms with Crippen LogP contribution < -0.4 is 5.32 Å². The highest BCUT2D eigenvalue weighted by Gasteiger charge is 2.41. The van der Waals surface area contributed by atoms with E-state index in [4.69, 9.17) is 9.90 Å². The van der Waals surface area contributed by atoms with Crippen molar-refractivity contribution in [3.8, 4) is 11.5 Å². The van der Waals surface area contributed by atoms with Crippen LogP contribution in [0.5, 0.6) is 0 Å². The Morgan fingerprint density at radius 1 is 1.33 bits per heavy atom. The zero-order chi connectivity index (χ0) is 21.7. The first-order valence-corrected chi connectivity index (χ1v) is 11.8. The molecule has 1 saturated carbocycles. The van der Waals surface area contributed by atoms with Crippen LogP contribution >= 0.6 is 0 Å². The molecule has 10 nitrogen and oxygen atoms in total. The van der Waals surface area contributed by atoms with Crippen LogP contribution in [-0.2, 0) is 19.4 Å². The fraction of sp³-hybridized carbons (Fsp3) is 0.579. The van der Waals surface area contributed by atoms with E-state index in [0.717, 1.165) is 18.5 Å². The van der Waals surface area contributed by atoms with Gasteiger partial charge in [-0.3, -0.25) is 9.59 Å². The third-order valence-corrected chi connectivity index (χ3v) is 7.40.